The summed E-state index contributed by atoms with van der Waals surface area (Å²) in [6, 6.07) is 0.363. The zero-order valence-electron chi connectivity index (χ0n) is 10.5. The molecule has 0 aromatic carbocycles. The van der Waals surface area contributed by atoms with E-state index in [1.807, 2.05) is 0 Å². The van der Waals surface area contributed by atoms with Crippen molar-refractivity contribution in [1.29, 1.82) is 0 Å². The second kappa shape index (κ2) is 6.86. The number of piperidine rings is 1. The molecule has 3 N–H and O–H groups in total. The number of hydrogen-bond acceptors (Lipinski definition) is 3. The minimum absolute atomic E-state index is 0.102. The van der Waals surface area contributed by atoms with Crippen molar-refractivity contribution < 1.29 is 4.79 Å². The van der Waals surface area contributed by atoms with E-state index in [2.05, 4.69) is 24.1 Å². The average Bonchev–Trinajstić information content (AvgIpc) is 2.20. The van der Waals surface area contributed by atoms with Crippen molar-refractivity contribution in [3.8, 4) is 0 Å². The maximum atomic E-state index is 11.4. The zero-order valence-corrected chi connectivity index (χ0v) is 10.5. The number of amides is 1. The van der Waals surface area contributed by atoms with Gasteiger partial charge in [0.1, 0.15) is 0 Å². The van der Waals surface area contributed by atoms with Crippen LogP contribution >= 0.6 is 0 Å². The molecular formula is C12H25N3O. The van der Waals surface area contributed by atoms with E-state index in [1.54, 1.807) is 0 Å². The molecule has 1 heterocycles. The maximum absolute atomic E-state index is 11.4. The normalized spacial score (nSPS) is 19.0. The largest absolute Gasteiger partial charge is 0.353 e. The Morgan fingerprint density at radius 2 is 2.06 bits per heavy atom. The van der Waals surface area contributed by atoms with Crippen LogP contribution < -0.4 is 11.1 Å². The number of nitrogens with zero attached hydrogens (tertiary/aromatic N) is 1. The Kier molecular flexibility index (Phi) is 5.77. The summed E-state index contributed by atoms with van der Waals surface area (Å²) in [5.41, 5.74) is 5.34. The lowest BCUT2D eigenvalue weighted by Crippen LogP contribution is -2.45. The van der Waals surface area contributed by atoms with Crippen molar-refractivity contribution in [2.75, 3.05) is 26.2 Å². The van der Waals surface area contributed by atoms with Crippen LogP contribution in [0.4, 0.5) is 0 Å². The molecule has 1 amide bonds. The van der Waals surface area contributed by atoms with E-state index < -0.39 is 0 Å². The number of likely N-dealkylation sites (tertiary alicyclic amines) is 1. The molecule has 4 nitrogen and oxygen atoms in total. The molecule has 0 aliphatic carbocycles. The van der Waals surface area contributed by atoms with Crippen LogP contribution in [0, 0.1) is 5.92 Å². The number of carbonyl (C=O) groups is 1. The van der Waals surface area contributed by atoms with Crippen molar-refractivity contribution in [3.63, 3.8) is 0 Å². The molecule has 0 aromatic heterocycles. The quantitative estimate of drug-likeness (QED) is 0.722. The summed E-state index contributed by atoms with van der Waals surface area (Å²) in [5, 5.41) is 3.05. The van der Waals surface area contributed by atoms with E-state index in [0.29, 0.717) is 19.0 Å². The first kappa shape index (κ1) is 13.5. The van der Waals surface area contributed by atoms with Gasteiger partial charge in [0.2, 0.25) is 5.91 Å². The number of carbonyl (C=O) groups excluding carboxylic acids is 1. The summed E-state index contributed by atoms with van der Waals surface area (Å²) in [4.78, 5) is 13.8. The molecule has 0 bridgehead atoms. The minimum atomic E-state index is 0.102. The van der Waals surface area contributed by atoms with Crippen LogP contribution in [0.3, 0.4) is 0 Å². The lowest BCUT2D eigenvalue weighted by atomic mass is 10.0. The Hall–Kier alpha value is -0.610. The lowest BCUT2D eigenvalue weighted by molar-refractivity contribution is -0.121. The van der Waals surface area contributed by atoms with Crippen LogP contribution in [0.5, 0.6) is 0 Å². The van der Waals surface area contributed by atoms with E-state index in [9.17, 15) is 4.79 Å². The highest BCUT2D eigenvalue weighted by Gasteiger charge is 2.20. The highest BCUT2D eigenvalue weighted by Crippen LogP contribution is 2.12. The van der Waals surface area contributed by atoms with Gasteiger partial charge >= 0.3 is 0 Å². The first-order chi connectivity index (χ1) is 7.61. The highest BCUT2D eigenvalue weighted by molar-refractivity contribution is 5.76. The Labute approximate surface area is 98.6 Å². The molecule has 1 fully saturated rings. The smallest absolute Gasteiger partial charge is 0.221 e. The van der Waals surface area contributed by atoms with Crippen LogP contribution in [-0.2, 0) is 4.79 Å². The molecule has 1 aliphatic rings. The molecule has 16 heavy (non-hydrogen) atoms. The van der Waals surface area contributed by atoms with Gasteiger partial charge in [0.25, 0.3) is 0 Å². The Balaban J connectivity index is 2.19. The van der Waals surface area contributed by atoms with E-state index >= 15 is 0 Å². The maximum Gasteiger partial charge on any atom is 0.221 e. The molecule has 0 aromatic rings. The fraction of sp³-hybridized carbons (Fsp3) is 0.917. The van der Waals surface area contributed by atoms with Gasteiger partial charge in [-0.1, -0.05) is 13.8 Å². The van der Waals surface area contributed by atoms with Crippen LogP contribution in [0.25, 0.3) is 0 Å². The van der Waals surface area contributed by atoms with E-state index in [4.69, 9.17) is 5.73 Å². The van der Waals surface area contributed by atoms with Crippen LogP contribution in [0.1, 0.15) is 33.1 Å². The number of rotatable bonds is 5. The Bertz CT molecular complexity index is 210. The predicted molar refractivity (Wildman–Crippen MR) is 66.1 cm³/mol. The summed E-state index contributed by atoms with van der Waals surface area (Å²) in [5.74, 6) is 0.827. The summed E-state index contributed by atoms with van der Waals surface area (Å²) in [6.45, 7) is 8.31. The van der Waals surface area contributed by atoms with Gasteiger partial charge in [0.15, 0.2) is 0 Å². The van der Waals surface area contributed by atoms with Gasteiger partial charge in [-0.2, -0.15) is 0 Å². The number of nitrogens with two attached hydrogens (primary N) is 1. The molecule has 1 saturated heterocycles. The first-order valence-corrected chi connectivity index (χ1v) is 6.33. The Morgan fingerprint density at radius 3 is 2.56 bits per heavy atom. The zero-order chi connectivity index (χ0) is 12.0. The molecule has 0 saturated carbocycles. The third-order valence-electron chi connectivity index (χ3n) is 2.95. The molecule has 0 spiro atoms. The number of nitrogens with one attached hydrogen (secondary N) is 1. The summed E-state index contributed by atoms with van der Waals surface area (Å²) in [7, 11) is 0. The third kappa shape index (κ3) is 4.94. The molecule has 0 unspecified atom stereocenters. The lowest BCUT2D eigenvalue weighted by Gasteiger charge is -2.33. The fourth-order valence-corrected chi connectivity index (χ4v) is 2.21. The van der Waals surface area contributed by atoms with Crippen LogP contribution in [0.2, 0.25) is 0 Å². The third-order valence-corrected chi connectivity index (χ3v) is 2.95. The topological polar surface area (TPSA) is 58.4 Å². The molecule has 0 radical (unpaired) electrons. The summed E-state index contributed by atoms with van der Waals surface area (Å²) in [6.07, 6.45) is 2.60. The Morgan fingerprint density at radius 1 is 1.44 bits per heavy atom. The molecule has 1 rings (SSSR count). The second-order valence-electron chi connectivity index (χ2n) is 5.07. The molecular weight excluding hydrogens is 202 g/mol. The van der Waals surface area contributed by atoms with Gasteiger partial charge in [-0.15, -0.1) is 0 Å². The van der Waals surface area contributed by atoms with Crippen molar-refractivity contribution in [1.82, 2.24) is 10.2 Å². The first-order valence-electron chi connectivity index (χ1n) is 6.33. The van der Waals surface area contributed by atoms with Gasteiger partial charge in [-0.05, 0) is 18.8 Å². The minimum Gasteiger partial charge on any atom is -0.353 e. The van der Waals surface area contributed by atoms with Gasteiger partial charge in [0, 0.05) is 38.6 Å². The van der Waals surface area contributed by atoms with E-state index in [0.717, 1.165) is 31.8 Å². The molecule has 4 heteroatoms. The monoisotopic (exact) mass is 227 g/mol. The van der Waals surface area contributed by atoms with E-state index in [1.165, 1.54) is 6.54 Å². The van der Waals surface area contributed by atoms with Crippen molar-refractivity contribution in [2.24, 2.45) is 11.7 Å². The van der Waals surface area contributed by atoms with Gasteiger partial charge in [-0.3, -0.25) is 4.79 Å². The molecule has 94 valence electrons. The van der Waals surface area contributed by atoms with Gasteiger partial charge in [0.05, 0.1) is 0 Å². The average molecular weight is 227 g/mol. The summed E-state index contributed by atoms with van der Waals surface area (Å²) >= 11 is 0. The van der Waals surface area contributed by atoms with Crippen molar-refractivity contribution in [2.45, 2.75) is 39.2 Å². The summed E-state index contributed by atoms with van der Waals surface area (Å²) < 4.78 is 0. The van der Waals surface area contributed by atoms with Crippen LogP contribution in [0.15, 0.2) is 0 Å². The SMILES string of the molecule is CC(C)CN1CCC(NC(=O)CCN)CC1. The fourth-order valence-electron chi connectivity index (χ4n) is 2.21. The second-order valence-corrected chi connectivity index (χ2v) is 5.07. The predicted octanol–water partition coefficient (Wildman–Crippen LogP) is 0.572. The van der Waals surface area contributed by atoms with E-state index in [-0.39, 0.29) is 5.91 Å². The standard InChI is InChI=1S/C12H25N3O/c1-10(2)9-15-7-4-11(5-8-15)14-12(16)3-6-13/h10-11H,3-9,13H2,1-2H3,(H,14,16). The van der Waals surface area contributed by atoms with Crippen molar-refractivity contribution >= 4 is 5.91 Å². The highest BCUT2D eigenvalue weighted by atomic mass is 16.1. The van der Waals surface area contributed by atoms with Gasteiger partial charge in [-0.25, -0.2) is 0 Å². The van der Waals surface area contributed by atoms with Gasteiger partial charge < -0.3 is 16.0 Å². The van der Waals surface area contributed by atoms with Crippen LogP contribution in [-0.4, -0.2) is 43.0 Å². The number of hydrogen-bond donors (Lipinski definition) is 2. The molecule has 0 atom stereocenters. The van der Waals surface area contributed by atoms with Crippen molar-refractivity contribution in [3.05, 3.63) is 0 Å². The molecule has 1 aliphatic heterocycles.